The predicted molar refractivity (Wildman–Crippen MR) is 108 cm³/mol. The number of amides is 2. The van der Waals surface area contributed by atoms with Crippen molar-refractivity contribution in [2.24, 2.45) is 10.4 Å². The van der Waals surface area contributed by atoms with E-state index in [1.807, 2.05) is 49.9 Å². The highest BCUT2D eigenvalue weighted by Gasteiger charge is 2.48. The highest BCUT2D eigenvalue weighted by molar-refractivity contribution is 5.98. The van der Waals surface area contributed by atoms with E-state index in [2.05, 4.69) is 4.99 Å². The van der Waals surface area contributed by atoms with Crippen molar-refractivity contribution >= 4 is 17.7 Å². The topological polar surface area (TPSA) is 68.2 Å². The lowest BCUT2D eigenvalue weighted by Crippen LogP contribution is -2.38. The molecule has 0 N–H and O–H groups in total. The maximum Gasteiger partial charge on any atom is 0.434 e. The van der Waals surface area contributed by atoms with Gasteiger partial charge in [-0.15, -0.1) is 0 Å². The Bertz CT molecular complexity index is 764. The number of nitrogens with zero attached hydrogens (tertiary/aromatic N) is 2. The van der Waals surface area contributed by atoms with Gasteiger partial charge in [0.15, 0.2) is 0 Å². The van der Waals surface area contributed by atoms with Crippen molar-refractivity contribution < 1.29 is 19.1 Å². The molecule has 2 amide bonds. The summed E-state index contributed by atoms with van der Waals surface area (Å²) in [5.74, 6) is 0.989. The van der Waals surface area contributed by atoms with Crippen molar-refractivity contribution in [2.75, 3.05) is 13.7 Å². The third kappa shape index (κ3) is 4.72. The number of carbonyl (C=O) groups is 2. The van der Waals surface area contributed by atoms with E-state index in [0.29, 0.717) is 13.0 Å². The van der Waals surface area contributed by atoms with Crippen LogP contribution >= 0.6 is 0 Å². The average molecular weight is 386 g/mol. The molecule has 152 valence electrons. The molecule has 1 aromatic carbocycles. The molecule has 1 heterocycles. The van der Waals surface area contributed by atoms with Crippen LogP contribution in [-0.2, 0) is 16.1 Å². The van der Waals surface area contributed by atoms with Gasteiger partial charge in [0.05, 0.1) is 12.5 Å². The summed E-state index contributed by atoms with van der Waals surface area (Å²) in [5, 5.41) is 0. The van der Waals surface area contributed by atoms with Crippen molar-refractivity contribution in [1.29, 1.82) is 0 Å². The van der Waals surface area contributed by atoms with Gasteiger partial charge in [-0.25, -0.2) is 4.79 Å². The summed E-state index contributed by atoms with van der Waals surface area (Å²) < 4.78 is 10.5. The molecule has 1 aromatic rings. The molecule has 2 fully saturated rings. The second-order valence-corrected chi connectivity index (χ2v) is 8.79. The zero-order valence-corrected chi connectivity index (χ0v) is 17.3. The lowest BCUT2D eigenvalue weighted by Gasteiger charge is -2.32. The zero-order chi connectivity index (χ0) is 20.4. The molecule has 3 rings (SSSR count). The van der Waals surface area contributed by atoms with Crippen LogP contribution in [0, 0.1) is 5.41 Å². The Morgan fingerprint density at radius 3 is 2.57 bits per heavy atom. The summed E-state index contributed by atoms with van der Waals surface area (Å²) in [7, 11) is 1.64. The van der Waals surface area contributed by atoms with Crippen LogP contribution in [0.2, 0.25) is 0 Å². The van der Waals surface area contributed by atoms with Gasteiger partial charge >= 0.3 is 6.09 Å². The van der Waals surface area contributed by atoms with Crippen LogP contribution < -0.4 is 4.74 Å². The van der Waals surface area contributed by atoms with E-state index >= 15 is 0 Å². The number of carbonyl (C=O) groups excluding carboxylic acids is 2. The summed E-state index contributed by atoms with van der Waals surface area (Å²) in [6.07, 6.45) is 3.31. The van der Waals surface area contributed by atoms with Gasteiger partial charge in [0.1, 0.15) is 11.4 Å². The van der Waals surface area contributed by atoms with Crippen molar-refractivity contribution in [1.82, 2.24) is 4.90 Å². The largest absolute Gasteiger partial charge is 0.497 e. The molecule has 1 saturated heterocycles. The molecule has 2 aliphatic rings. The lowest BCUT2D eigenvalue weighted by atomic mass is 9.72. The van der Waals surface area contributed by atoms with Gasteiger partial charge < -0.3 is 14.4 Å². The van der Waals surface area contributed by atoms with Crippen LogP contribution in [0.1, 0.15) is 58.4 Å². The summed E-state index contributed by atoms with van der Waals surface area (Å²) in [6.45, 7) is 6.81. The Morgan fingerprint density at radius 2 is 1.93 bits per heavy atom. The number of likely N-dealkylation sites (tertiary alicyclic amines) is 1. The zero-order valence-electron chi connectivity index (χ0n) is 17.3. The van der Waals surface area contributed by atoms with Gasteiger partial charge in [-0.1, -0.05) is 12.1 Å². The van der Waals surface area contributed by atoms with E-state index in [-0.39, 0.29) is 5.91 Å². The van der Waals surface area contributed by atoms with Crippen molar-refractivity contribution in [2.45, 2.75) is 65.0 Å². The molecule has 6 heteroatoms. The molecule has 1 aliphatic carbocycles. The summed E-state index contributed by atoms with van der Waals surface area (Å²) in [5.41, 5.74) is 0.905. The molecule has 1 spiro atoms. The third-order valence-corrected chi connectivity index (χ3v) is 5.44. The first kappa shape index (κ1) is 20.4. The Balaban J connectivity index is 1.67. The van der Waals surface area contributed by atoms with Gasteiger partial charge in [0.2, 0.25) is 5.91 Å². The molecule has 0 bridgehead atoms. The second-order valence-electron chi connectivity index (χ2n) is 8.79. The minimum atomic E-state index is -0.564. The van der Waals surface area contributed by atoms with E-state index in [1.54, 1.807) is 7.11 Å². The Hall–Kier alpha value is -2.37. The number of aliphatic imine (C=N–C) groups is 1. The fourth-order valence-corrected chi connectivity index (χ4v) is 4.10. The standard InChI is InChI=1S/C22H30N2O4/c1-21(2,3)28-20(26)23-17-6-5-11-22(14-17)12-13-24(19(22)25)15-16-7-9-18(27-4)10-8-16/h7-10H,5-6,11-15H2,1-4H3/t22-/m0/s1. The molecule has 28 heavy (non-hydrogen) atoms. The fraction of sp³-hybridized carbons (Fsp3) is 0.591. The Labute approximate surface area is 166 Å². The minimum absolute atomic E-state index is 0.180. The Morgan fingerprint density at radius 1 is 1.21 bits per heavy atom. The quantitative estimate of drug-likeness (QED) is 0.774. The molecule has 1 aliphatic heterocycles. The number of hydrogen-bond donors (Lipinski definition) is 0. The number of rotatable bonds is 3. The van der Waals surface area contributed by atoms with Crippen molar-refractivity contribution in [3.63, 3.8) is 0 Å². The number of hydrogen-bond acceptors (Lipinski definition) is 4. The van der Waals surface area contributed by atoms with Crippen molar-refractivity contribution in [3.05, 3.63) is 29.8 Å². The highest BCUT2D eigenvalue weighted by Crippen LogP contribution is 2.44. The normalized spacial score (nSPS) is 24.1. The summed E-state index contributed by atoms with van der Waals surface area (Å²) >= 11 is 0. The number of ether oxygens (including phenoxy) is 2. The Kier molecular flexibility index (Phi) is 5.77. The lowest BCUT2D eigenvalue weighted by molar-refractivity contribution is -0.137. The maximum atomic E-state index is 13.2. The maximum absolute atomic E-state index is 13.2. The monoisotopic (exact) mass is 386 g/mol. The molecule has 0 aromatic heterocycles. The summed E-state index contributed by atoms with van der Waals surface area (Å²) in [6, 6.07) is 7.82. The summed E-state index contributed by atoms with van der Waals surface area (Å²) in [4.78, 5) is 31.4. The molecule has 0 unspecified atom stereocenters. The van der Waals surface area contributed by atoms with Crippen LogP contribution in [0.4, 0.5) is 4.79 Å². The van der Waals surface area contributed by atoms with E-state index in [4.69, 9.17) is 9.47 Å². The van der Waals surface area contributed by atoms with E-state index in [1.165, 1.54) is 0 Å². The first-order chi connectivity index (χ1) is 13.2. The van der Waals surface area contributed by atoms with Gasteiger partial charge in [-0.3, -0.25) is 4.79 Å². The average Bonchev–Trinajstić information content (AvgIpc) is 2.90. The second kappa shape index (κ2) is 7.94. The van der Waals surface area contributed by atoms with Crippen LogP contribution in [0.5, 0.6) is 5.75 Å². The number of methoxy groups -OCH3 is 1. The number of benzene rings is 1. The SMILES string of the molecule is COc1ccc(CN2CC[C@]3(CCCC(=NC(=O)OC(C)(C)C)C3)C2=O)cc1. The van der Waals surface area contributed by atoms with E-state index < -0.39 is 17.1 Å². The van der Waals surface area contributed by atoms with Crippen LogP contribution in [-0.4, -0.2) is 41.9 Å². The first-order valence-electron chi connectivity index (χ1n) is 9.92. The first-order valence-corrected chi connectivity index (χ1v) is 9.92. The van der Waals surface area contributed by atoms with Gasteiger partial charge in [0, 0.05) is 25.2 Å². The molecular formula is C22H30N2O4. The fourth-order valence-electron chi connectivity index (χ4n) is 4.10. The van der Waals surface area contributed by atoms with E-state index in [0.717, 1.165) is 49.3 Å². The third-order valence-electron chi connectivity index (χ3n) is 5.44. The van der Waals surface area contributed by atoms with Crippen LogP contribution in [0.25, 0.3) is 0 Å². The predicted octanol–water partition coefficient (Wildman–Crippen LogP) is 4.36. The smallest absolute Gasteiger partial charge is 0.434 e. The molecule has 1 atom stereocenters. The van der Waals surface area contributed by atoms with Gasteiger partial charge in [-0.2, -0.15) is 4.99 Å². The van der Waals surface area contributed by atoms with Crippen molar-refractivity contribution in [3.8, 4) is 5.75 Å². The van der Waals surface area contributed by atoms with Gasteiger partial charge in [-0.05, 0) is 64.2 Å². The molecular weight excluding hydrogens is 356 g/mol. The van der Waals surface area contributed by atoms with Gasteiger partial charge in [0.25, 0.3) is 0 Å². The van der Waals surface area contributed by atoms with Crippen LogP contribution in [0.3, 0.4) is 0 Å². The van der Waals surface area contributed by atoms with E-state index in [9.17, 15) is 9.59 Å². The molecule has 0 radical (unpaired) electrons. The molecule has 6 nitrogen and oxygen atoms in total. The minimum Gasteiger partial charge on any atom is -0.497 e. The highest BCUT2D eigenvalue weighted by atomic mass is 16.6. The molecule has 1 saturated carbocycles. The van der Waals surface area contributed by atoms with Crippen LogP contribution in [0.15, 0.2) is 29.3 Å².